The van der Waals surface area contributed by atoms with Crippen LogP contribution in [0.2, 0.25) is 0 Å². The summed E-state index contributed by atoms with van der Waals surface area (Å²) in [5, 5.41) is 6.07. The molecule has 7 nitrogen and oxygen atoms in total. The quantitative estimate of drug-likeness (QED) is 0.802. The topological polar surface area (TPSA) is 85.4 Å². The molecule has 1 aromatic heterocycles. The number of ether oxygens (including phenoxy) is 2. The Morgan fingerprint density at radius 2 is 1.96 bits per heavy atom. The lowest BCUT2D eigenvalue weighted by atomic mass is 10.2. The Hall–Kier alpha value is -2.83. The number of aromatic nitrogens is 2. The van der Waals surface area contributed by atoms with Crippen molar-refractivity contribution < 1.29 is 14.3 Å². The van der Waals surface area contributed by atoms with Crippen molar-refractivity contribution in [2.75, 3.05) is 24.9 Å². The van der Waals surface area contributed by atoms with E-state index in [9.17, 15) is 4.79 Å². The summed E-state index contributed by atoms with van der Waals surface area (Å²) in [4.78, 5) is 21.2. The minimum atomic E-state index is -0.343. The molecule has 134 valence electrons. The third kappa shape index (κ3) is 4.82. The SMILES string of the molecule is CCC(C)Nc1cc(C(=O)Nc2cc(OC)ccc2OC)nc(C)n1. The largest absolute Gasteiger partial charge is 0.497 e. The van der Waals surface area contributed by atoms with E-state index in [4.69, 9.17) is 9.47 Å². The molecule has 0 aliphatic heterocycles. The fourth-order valence-electron chi connectivity index (χ4n) is 2.21. The highest BCUT2D eigenvalue weighted by Gasteiger charge is 2.14. The van der Waals surface area contributed by atoms with E-state index in [0.717, 1.165) is 6.42 Å². The van der Waals surface area contributed by atoms with Gasteiger partial charge < -0.3 is 20.1 Å². The van der Waals surface area contributed by atoms with Gasteiger partial charge >= 0.3 is 0 Å². The van der Waals surface area contributed by atoms with E-state index in [2.05, 4.69) is 34.4 Å². The Bertz CT molecular complexity index is 749. The molecule has 1 unspecified atom stereocenters. The number of methoxy groups -OCH3 is 2. The number of aryl methyl sites for hydroxylation is 1. The van der Waals surface area contributed by atoms with E-state index in [1.807, 2.05) is 0 Å². The predicted molar refractivity (Wildman–Crippen MR) is 97.6 cm³/mol. The summed E-state index contributed by atoms with van der Waals surface area (Å²) in [5.41, 5.74) is 0.794. The molecule has 0 saturated carbocycles. The van der Waals surface area contributed by atoms with Gasteiger partial charge in [0.15, 0.2) is 0 Å². The van der Waals surface area contributed by atoms with E-state index < -0.39 is 0 Å². The van der Waals surface area contributed by atoms with Gasteiger partial charge in [-0.3, -0.25) is 4.79 Å². The molecule has 0 aliphatic rings. The van der Waals surface area contributed by atoms with Gasteiger partial charge in [0.05, 0.1) is 19.9 Å². The number of carbonyl (C=O) groups excluding carboxylic acids is 1. The van der Waals surface area contributed by atoms with Gasteiger partial charge in [-0.1, -0.05) is 6.92 Å². The third-order valence-electron chi connectivity index (χ3n) is 3.73. The summed E-state index contributed by atoms with van der Waals surface area (Å²) in [7, 11) is 3.11. The summed E-state index contributed by atoms with van der Waals surface area (Å²) in [6.07, 6.45) is 0.950. The zero-order chi connectivity index (χ0) is 18.4. The predicted octanol–water partition coefficient (Wildman–Crippen LogP) is 3.26. The maximum atomic E-state index is 12.6. The van der Waals surface area contributed by atoms with Crippen molar-refractivity contribution in [3.8, 4) is 11.5 Å². The Labute approximate surface area is 147 Å². The molecule has 7 heteroatoms. The zero-order valence-corrected chi connectivity index (χ0v) is 15.2. The van der Waals surface area contributed by atoms with Crippen molar-refractivity contribution in [1.82, 2.24) is 9.97 Å². The number of amides is 1. The van der Waals surface area contributed by atoms with Crippen LogP contribution in [-0.4, -0.2) is 36.1 Å². The molecule has 0 bridgehead atoms. The first-order valence-corrected chi connectivity index (χ1v) is 8.12. The van der Waals surface area contributed by atoms with Crippen LogP contribution in [0, 0.1) is 6.92 Å². The molecule has 2 rings (SSSR count). The molecule has 0 saturated heterocycles. The number of hydrogen-bond acceptors (Lipinski definition) is 6. The van der Waals surface area contributed by atoms with Gasteiger partial charge in [0.25, 0.3) is 5.91 Å². The molecule has 2 N–H and O–H groups in total. The normalized spacial score (nSPS) is 11.6. The number of nitrogens with one attached hydrogen (secondary N) is 2. The molecule has 1 heterocycles. The van der Waals surface area contributed by atoms with Crippen LogP contribution in [0.5, 0.6) is 11.5 Å². The minimum absolute atomic E-state index is 0.253. The van der Waals surface area contributed by atoms with Crippen LogP contribution in [0.3, 0.4) is 0 Å². The van der Waals surface area contributed by atoms with Crippen molar-refractivity contribution in [1.29, 1.82) is 0 Å². The third-order valence-corrected chi connectivity index (χ3v) is 3.73. The molecular weight excluding hydrogens is 320 g/mol. The maximum absolute atomic E-state index is 12.6. The minimum Gasteiger partial charge on any atom is -0.497 e. The van der Waals surface area contributed by atoms with Gasteiger partial charge in [0, 0.05) is 18.2 Å². The zero-order valence-electron chi connectivity index (χ0n) is 15.2. The molecule has 0 fully saturated rings. The average molecular weight is 344 g/mol. The Morgan fingerprint density at radius 3 is 2.60 bits per heavy atom. The maximum Gasteiger partial charge on any atom is 0.274 e. The van der Waals surface area contributed by atoms with Gasteiger partial charge in [-0.05, 0) is 32.4 Å². The Kier molecular flexibility index (Phi) is 6.16. The summed E-state index contributed by atoms with van der Waals surface area (Å²) >= 11 is 0. The van der Waals surface area contributed by atoms with Crippen LogP contribution >= 0.6 is 0 Å². The van der Waals surface area contributed by atoms with Crippen LogP contribution in [0.1, 0.15) is 36.6 Å². The smallest absolute Gasteiger partial charge is 0.274 e. The lowest BCUT2D eigenvalue weighted by molar-refractivity contribution is 0.102. The van der Waals surface area contributed by atoms with Crippen LogP contribution in [0.4, 0.5) is 11.5 Å². The number of carbonyl (C=O) groups is 1. The van der Waals surface area contributed by atoms with E-state index in [1.54, 1.807) is 45.4 Å². The summed E-state index contributed by atoms with van der Waals surface area (Å²) in [6.45, 7) is 5.89. The van der Waals surface area contributed by atoms with Crippen molar-refractivity contribution in [2.24, 2.45) is 0 Å². The molecule has 2 aromatic rings. The van der Waals surface area contributed by atoms with Crippen LogP contribution < -0.4 is 20.1 Å². The first-order valence-electron chi connectivity index (χ1n) is 8.12. The molecule has 25 heavy (non-hydrogen) atoms. The van der Waals surface area contributed by atoms with Gasteiger partial charge in [0.2, 0.25) is 0 Å². The molecule has 1 atom stereocenters. The van der Waals surface area contributed by atoms with E-state index in [1.165, 1.54) is 0 Å². The van der Waals surface area contributed by atoms with Gasteiger partial charge in [0.1, 0.15) is 28.8 Å². The van der Waals surface area contributed by atoms with Crippen LogP contribution in [0.15, 0.2) is 24.3 Å². The van der Waals surface area contributed by atoms with Gasteiger partial charge in [-0.15, -0.1) is 0 Å². The number of nitrogens with zero attached hydrogens (tertiary/aromatic N) is 2. The fourth-order valence-corrected chi connectivity index (χ4v) is 2.21. The fraction of sp³-hybridized carbons (Fsp3) is 0.389. The molecule has 0 spiro atoms. The van der Waals surface area contributed by atoms with Crippen LogP contribution in [-0.2, 0) is 0 Å². The highest BCUT2D eigenvalue weighted by molar-refractivity contribution is 6.04. The standard InChI is InChI=1S/C18H24N4O3/c1-6-11(2)19-17-10-15(20-12(3)21-17)18(23)22-14-9-13(24-4)7-8-16(14)25-5/h7-11H,6H2,1-5H3,(H,22,23)(H,19,20,21). The average Bonchev–Trinajstić information content (AvgIpc) is 2.60. The summed E-state index contributed by atoms with van der Waals surface area (Å²) < 4.78 is 10.5. The number of hydrogen-bond donors (Lipinski definition) is 2. The lowest BCUT2D eigenvalue weighted by Gasteiger charge is -2.14. The van der Waals surface area contributed by atoms with Crippen LogP contribution in [0.25, 0.3) is 0 Å². The number of anilines is 2. The molecular formula is C18H24N4O3. The van der Waals surface area contributed by atoms with Gasteiger partial charge in [-0.2, -0.15) is 0 Å². The second kappa shape index (κ2) is 8.32. The second-order valence-corrected chi connectivity index (χ2v) is 5.66. The first kappa shape index (κ1) is 18.5. The number of rotatable bonds is 7. The monoisotopic (exact) mass is 344 g/mol. The van der Waals surface area contributed by atoms with E-state index in [0.29, 0.717) is 28.8 Å². The Morgan fingerprint density at radius 1 is 1.20 bits per heavy atom. The summed E-state index contributed by atoms with van der Waals surface area (Å²) in [6, 6.07) is 7.08. The Balaban J connectivity index is 2.26. The first-order chi connectivity index (χ1) is 12.0. The molecule has 1 aromatic carbocycles. The van der Waals surface area contributed by atoms with E-state index in [-0.39, 0.29) is 17.6 Å². The second-order valence-electron chi connectivity index (χ2n) is 5.66. The lowest BCUT2D eigenvalue weighted by Crippen LogP contribution is -2.19. The number of benzene rings is 1. The van der Waals surface area contributed by atoms with Crippen molar-refractivity contribution in [3.05, 3.63) is 35.8 Å². The summed E-state index contributed by atoms with van der Waals surface area (Å²) in [5.74, 6) is 1.97. The van der Waals surface area contributed by atoms with Gasteiger partial charge in [-0.25, -0.2) is 9.97 Å². The highest BCUT2D eigenvalue weighted by atomic mass is 16.5. The molecule has 0 radical (unpaired) electrons. The molecule has 1 amide bonds. The molecule has 0 aliphatic carbocycles. The van der Waals surface area contributed by atoms with E-state index >= 15 is 0 Å². The van der Waals surface area contributed by atoms with Crippen molar-refractivity contribution >= 4 is 17.4 Å². The van der Waals surface area contributed by atoms with Crippen molar-refractivity contribution in [2.45, 2.75) is 33.2 Å². The highest BCUT2D eigenvalue weighted by Crippen LogP contribution is 2.29. The van der Waals surface area contributed by atoms with Crippen molar-refractivity contribution in [3.63, 3.8) is 0 Å².